The van der Waals surface area contributed by atoms with E-state index in [1.54, 1.807) is 18.7 Å². The third-order valence-electron chi connectivity index (χ3n) is 0.406. The number of nitrogens with one attached hydrogen (secondary N) is 1. The second-order valence-electron chi connectivity index (χ2n) is 2.83. The van der Waals surface area contributed by atoms with Crippen molar-refractivity contribution in [3.05, 3.63) is 18.7 Å². The number of rotatable bonds is 0. The third kappa shape index (κ3) is 15.6. The van der Waals surface area contributed by atoms with E-state index in [0.29, 0.717) is 0 Å². The Morgan fingerprint density at radius 1 is 1.40 bits per heavy atom. The molecule has 0 radical (unpaired) electrons. The highest BCUT2D eigenvalue weighted by Crippen LogP contribution is 2.03. The summed E-state index contributed by atoms with van der Waals surface area (Å²) in [6.45, 7) is 6.28. The lowest BCUT2D eigenvalue weighted by Gasteiger charge is -1.97. The minimum Gasteiger partial charge on any atom is -0.351 e. The van der Waals surface area contributed by atoms with E-state index < -0.39 is 7.38 Å². The van der Waals surface area contributed by atoms with Gasteiger partial charge in [-0.05, 0) is 0 Å². The van der Waals surface area contributed by atoms with Crippen molar-refractivity contribution in [3.8, 4) is 0 Å². The fraction of sp³-hybridized carbons (Fsp3) is 0.500. The van der Waals surface area contributed by atoms with Gasteiger partial charge in [-0.15, -0.1) is 0 Å². The van der Waals surface area contributed by atoms with Gasteiger partial charge in [0.15, 0.2) is 0 Å². The molecule has 1 aromatic rings. The van der Waals surface area contributed by atoms with E-state index in [-0.39, 0.29) is 0 Å². The van der Waals surface area contributed by atoms with Crippen LogP contribution in [0, 0.1) is 0 Å². The Balaban J connectivity index is 0.000000162. The Kier molecular flexibility index (Phi) is 4.39. The number of aromatic nitrogens is 2. The summed E-state index contributed by atoms with van der Waals surface area (Å²) in [4.78, 5) is 6.42. The molecule has 0 aliphatic heterocycles. The number of aromatic amines is 1. The second kappa shape index (κ2) is 4.52. The first-order valence-corrected chi connectivity index (χ1v) is 7.63. The highest BCUT2D eigenvalue weighted by atomic mass is 35.6. The molecule has 0 amide bonds. The molecule has 0 saturated carbocycles. The molecule has 0 aromatic carbocycles. The molecule has 0 fully saturated rings. The van der Waals surface area contributed by atoms with Gasteiger partial charge in [0.2, 0.25) is 0 Å². The van der Waals surface area contributed by atoms with E-state index in [1.165, 1.54) is 0 Å². The van der Waals surface area contributed by atoms with Crippen LogP contribution in [0.5, 0.6) is 0 Å². The predicted octanol–water partition coefficient (Wildman–Crippen LogP) is 2.47. The maximum atomic E-state index is 5.67. The smallest absolute Gasteiger partial charge is 0.147 e. The van der Waals surface area contributed by atoms with Gasteiger partial charge >= 0.3 is 0 Å². The molecule has 58 valence electrons. The molecule has 4 heteroatoms. The van der Waals surface area contributed by atoms with Crippen LogP contribution in [-0.4, -0.2) is 17.4 Å². The fourth-order valence-corrected chi connectivity index (χ4v) is 0.215. The van der Waals surface area contributed by atoms with E-state index >= 15 is 0 Å². The minimum absolute atomic E-state index is 1.14. The van der Waals surface area contributed by atoms with Gasteiger partial charge in [-0.2, -0.15) is 11.1 Å². The van der Waals surface area contributed by atoms with Gasteiger partial charge < -0.3 is 4.98 Å². The van der Waals surface area contributed by atoms with Crippen molar-refractivity contribution in [2.45, 2.75) is 19.6 Å². The zero-order valence-corrected chi connectivity index (χ0v) is 8.31. The van der Waals surface area contributed by atoms with Crippen molar-refractivity contribution in [2.24, 2.45) is 0 Å². The van der Waals surface area contributed by atoms with Crippen molar-refractivity contribution >= 4 is 18.5 Å². The van der Waals surface area contributed by atoms with E-state index in [2.05, 4.69) is 29.6 Å². The molecule has 2 nitrogen and oxygen atoms in total. The second-order valence-corrected chi connectivity index (χ2v) is 10.4. The van der Waals surface area contributed by atoms with Crippen LogP contribution in [0.4, 0.5) is 0 Å². The van der Waals surface area contributed by atoms with Gasteiger partial charge in [0.05, 0.1) is 6.33 Å². The summed E-state index contributed by atoms with van der Waals surface area (Å²) in [5.41, 5.74) is 0. The van der Waals surface area contributed by atoms with Gasteiger partial charge in [0.1, 0.15) is 7.38 Å². The van der Waals surface area contributed by atoms with E-state index in [0.717, 1.165) is 0 Å². The van der Waals surface area contributed by atoms with Gasteiger partial charge in [-0.1, -0.05) is 19.6 Å². The van der Waals surface area contributed by atoms with Gasteiger partial charge in [-0.25, -0.2) is 4.98 Å². The standard InChI is InChI=1S/C3H9ClSi.C3H4N2/c1-5(2,3)4;1-2-5-3-4-1/h1-3H3;1-3H,(H,4,5). The molecule has 1 heterocycles. The topological polar surface area (TPSA) is 28.7 Å². The summed E-state index contributed by atoms with van der Waals surface area (Å²) in [6.07, 6.45) is 5.08. The van der Waals surface area contributed by atoms with Crippen molar-refractivity contribution in [1.82, 2.24) is 9.97 Å². The molecule has 0 saturated heterocycles. The molecule has 0 spiro atoms. The summed E-state index contributed by atoms with van der Waals surface area (Å²) in [7, 11) is -1.14. The maximum absolute atomic E-state index is 5.67. The van der Waals surface area contributed by atoms with Gasteiger partial charge in [0.25, 0.3) is 0 Å². The summed E-state index contributed by atoms with van der Waals surface area (Å²) in [6, 6.07) is 0. The van der Waals surface area contributed by atoms with Crippen LogP contribution in [0.1, 0.15) is 0 Å². The van der Waals surface area contributed by atoms with Gasteiger partial charge in [-0.3, -0.25) is 0 Å². The molecular formula is C6H13ClN2Si. The van der Waals surface area contributed by atoms with E-state index in [4.69, 9.17) is 11.1 Å². The summed E-state index contributed by atoms with van der Waals surface area (Å²) in [5.74, 6) is 0. The number of hydrogen-bond acceptors (Lipinski definition) is 1. The normalized spacial score (nSPS) is 10.0. The van der Waals surface area contributed by atoms with Crippen molar-refractivity contribution in [3.63, 3.8) is 0 Å². The Morgan fingerprint density at radius 3 is 2.00 bits per heavy atom. The van der Waals surface area contributed by atoms with E-state index in [1.807, 2.05) is 0 Å². The minimum atomic E-state index is -1.14. The molecule has 0 aliphatic carbocycles. The molecule has 1 rings (SSSR count). The average Bonchev–Trinajstić information content (AvgIpc) is 2.07. The highest BCUT2D eigenvalue weighted by Gasteiger charge is 2.04. The highest BCUT2D eigenvalue weighted by molar-refractivity contribution is 7.18. The molecule has 0 unspecified atom stereocenters. The van der Waals surface area contributed by atoms with Crippen LogP contribution in [-0.2, 0) is 0 Å². The molecule has 1 N–H and O–H groups in total. The number of hydrogen-bond donors (Lipinski definition) is 1. The monoisotopic (exact) mass is 176 g/mol. The maximum Gasteiger partial charge on any atom is 0.147 e. The SMILES string of the molecule is C[Si](C)(C)Cl.c1c[nH]cn1. The van der Waals surface area contributed by atoms with Crippen LogP contribution < -0.4 is 0 Å². The number of imidazole rings is 1. The predicted molar refractivity (Wildman–Crippen MR) is 47.8 cm³/mol. The lowest BCUT2D eigenvalue weighted by Crippen LogP contribution is -2.06. The average molecular weight is 177 g/mol. The van der Waals surface area contributed by atoms with Crippen LogP contribution in [0.3, 0.4) is 0 Å². The first kappa shape index (κ1) is 9.72. The summed E-state index contributed by atoms with van der Waals surface area (Å²) >= 11 is 5.67. The Morgan fingerprint density at radius 2 is 1.90 bits per heavy atom. The van der Waals surface area contributed by atoms with E-state index in [9.17, 15) is 0 Å². The molecule has 0 atom stereocenters. The largest absolute Gasteiger partial charge is 0.351 e. The van der Waals surface area contributed by atoms with Crippen LogP contribution >= 0.6 is 11.1 Å². The Hall–Kier alpha value is -0.283. The number of halogens is 1. The Bertz CT molecular complexity index is 122. The quantitative estimate of drug-likeness (QED) is 0.478. The molecule has 1 aromatic heterocycles. The van der Waals surface area contributed by atoms with Crippen molar-refractivity contribution in [2.75, 3.05) is 0 Å². The molecule has 0 aliphatic rings. The third-order valence-corrected chi connectivity index (χ3v) is 0.406. The van der Waals surface area contributed by atoms with Crippen LogP contribution in [0.25, 0.3) is 0 Å². The lowest BCUT2D eigenvalue weighted by molar-refractivity contribution is 1.31. The summed E-state index contributed by atoms with van der Waals surface area (Å²) < 4.78 is 0. The lowest BCUT2D eigenvalue weighted by atomic mass is 11.0. The summed E-state index contributed by atoms with van der Waals surface area (Å²) in [5, 5.41) is 0. The zero-order valence-electron chi connectivity index (χ0n) is 6.56. The Labute approximate surface area is 67.4 Å². The molecular weight excluding hydrogens is 164 g/mol. The number of H-pyrrole nitrogens is 1. The molecule has 0 bridgehead atoms. The van der Waals surface area contributed by atoms with Crippen LogP contribution in [0.15, 0.2) is 18.7 Å². The van der Waals surface area contributed by atoms with Crippen molar-refractivity contribution in [1.29, 1.82) is 0 Å². The first-order chi connectivity index (χ1) is 4.50. The first-order valence-electron chi connectivity index (χ1n) is 3.12. The zero-order chi connectivity index (χ0) is 8.04. The van der Waals surface area contributed by atoms with Gasteiger partial charge in [0, 0.05) is 12.4 Å². The van der Waals surface area contributed by atoms with Crippen molar-refractivity contribution < 1.29 is 0 Å². The van der Waals surface area contributed by atoms with Crippen LogP contribution in [0.2, 0.25) is 19.6 Å². The molecule has 10 heavy (non-hydrogen) atoms. The number of nitrogens with zero attached hydrogens (tertiary/aromatic N) is 1. The fourth-order valence-electron chi connectivity index (χ4n) is 0.215.